The summed E-state index contributed by atoms with van der Waals surface area (Å²) in [6.07, 6.45) is -0.692. The van der Waals surface area contributed by atoms with E-state index in [2.05, 4.69) is 5.32 Å². The number of ether oxygens (including phenoxy) is 2. The summed E-state index contributed by atoms with van der Waals surface area (Å²) in [5.74, 6) is -1.34. The van der Waals surface area contributed by atoms with Crippen molar-refractivity contribution >= 4 is 23.5 Å². The lowest BCUT2D eigenvalue weighted by molar-refractivity contribution is -0.384. The van der Waals surface area contributed by atoms with Gasteiger partial charge in [0.1, 0.15) is 18.4 Å². The molecular weight excluding hydrogens is 490 g/mol. The first-order chi connectivity index (χ1) is 18.4. The SMILES string of the molecule is CCOC(=O)C[C@H](NC(=O)CN1C[C@@H](c2ccccc2)Oc2ccc([N+](=O)[O-])cc2C1=O)c1ccccc1. The van der Waals surface area contributed by atoms with Gasteiger partial charge in [-0.2, -0.15) is 0 Å². The summed E-state index contributed by atoms with van der Waals surface area (Å²) in [6, 6.07) is 21.3. The lowest BCUT2D eigenvalue weighted by atomic mass is 10.0. The van der Waals surface area contributed by atoms with Crippen LogP contribution in [0.15, 0.2) is 78.9 Å². The fourth-order valence-electron chi connectivity index (χ4n) is 4.26. The zero-order valence-electron chi connectivity index (χ0n) is 20.7. The van der Waals surface area contributed by atoms with Gasteiger partial charge in [-0.25, -0.2) is 0 Å². The van der Waals surface area contributed by atoms with Crippen molar-refractivity contribution in [1.82, 2.24) is 10.2 Å². The Morgan fingerprint density at radius 2 is 1.79 bits per heavy atom. The first-order valence-corrected chi connectivity index (χ1v) is 12.1. The number of carbonyl (C=O) groups excluding carboxylic acids is 3. The molecule has 0 aromatic heterocycles. The zero-order chi connectivity index (χ0) is 27.1. The van der Waals surface area contributed by atoms with E-state index < -0.39 is 34.9 Å². The Morgan fingerprint density at radius 1 is 1.11 bits per heavy atom. The van der Waals surface area contributed by atoms with Crippen LogP contribution >= 0.6 is 0 Å². The van der Waals surface area contributed by atoms with Gasteiger partial charge < -0.3 is 19.7 Å². The molecule has 38 heavy (non-hydrogen) atoms. The number of esters is 1. The Balaban J connectivity index is 1.60. The van der Waals surface area contributed by atoms with Crippen molar-refractivity contribution < 1.29 is 28.8 Å². The molecule has 0 unspecified atom stereocenters. The van der Waals surface area contributed by atoms with E-state index in [0.29, 0.717) is 5.56 Å². The van der Waals surface area contributed by atoms with E-state index in [0.717, 1.165) is 11.6 Å². The van der Waals surface area contributed by atoms with Gasteiger partial charge in [-0.05, 0) is 24.1 Å². The standard InChI is InChI=1S/C28H27N3O7/c1-2-37-27(33)16-23(19-9-5-3-6-10-19)29-26(32)18-30-17-25(20-11-7-4-8-12-20)38-24-14-13-21(31(35)36)15-22(24)28(30)34/h3-15,23,25H,2,16-18H2,1H3,(H,29,32)/t23-,25-/m0/s1. The van der Waals surface area contributed by atoms with Gasteiger partial charge >= 0.3 is 5.97 Å². The first kappa shape index (κ1) is 26.3. The molecule has 10 nitrogen and oxygen atoms in total. The number of nitrogens with one attached hydrogen (secondary N) is 1. The van der Waals surface area contributed by atoms with Gasteiger partial charge in [-0.1, -0.05) is 60.7 Å². The topological polar surface area (TPSA) is 128 Å². The molecule has 3 aromatic rings. The van der Waals surface area contributed by atoms with E-state index in [1.807, 2.05) is 36.4 Å². The van der Waals surface area contributed by atoms with E-state index in [9.17, 15) is 24.5 Å². The van der Waals surface area contributed by atoms with Gasteiger partial charge in [0.25, 0.3) is 11.6 Å². The lowest BCUT2D eigenvalue weighted by Crippen LogP contribution is -2.43. The van der Waals surface area contributed by atoms with Crippen LogP contribution in [0.25, 0.3) is 0 Å². The molecule has 3 aromatic carbocycles. The molecule has 2 atom stereocenters. The molecule has 0 saturated carbocycles. The summed E-state index contributed by atoms with van der Waals surface area (Å²) >= 11 is 0. The van der Waals surface area contributed by atoms with Crippen LogP contribution in [0.1, 0.15) is 47.0 Å². The minimum Gasteiger partial charge on any atom is -0.483 e. The van der Waals surface area contributed by atoms with Crippen molar-refractivity contribution in [1.29, 1.82) is 0 Å². The second-order valence-electron chi connectivity index (χ2n) is 8.68. The Labute approximate surface area is 219 Å². The number of rotatable bonds is 9. The van der Waals surface area contributed by atoms with Crippen LogP contribution in [0.2, 0.25) is 0 Å². The molecule has 4 rings (SSSR count). The fourth-order valence-corrected chi connectivity index (χ4v) is 4.26. The molecule has 0 aliphatic carbocycles. The Kier molecular flexibility index (Phi) is 8.32. The van der Waals surface area contributed by atoms with E-state index >= 15 is 0 Å². The van der Waals surface area contributed by atoms with Crippen LogP contribution in [-0.2, 0) is 14.3 Å². The summed E-state index contributed by atoms with van der Waals surface area (Å²) in [4.78, 5) is 51.0. The van der Waals surface area contributed by atoms with Crippen LogP contribution in [-0.4, -0.2) is 47.3 Å². The van der Waals surface area contributed by atoms with Crippen LogP contribution in [0.3, 0.4) is 0 Å². The molecule has 1 aliphatic rings. The molecule has 1 aliphatic heterocycles. The molecule has 0 saturated heterocycles. The Morgan fingerprint density at radius 3 is 2.45 bits per heavy atom. The summed E-state index contributed by atoms with van der Waals surface area (Å²) in [6.45, 7) is 1.60. The van der Waals surface area contributed by atoms with Crippen molar-refractivity contribution in [3.05, 3.63) is 106 Å². The number of hydrogen-bond acceptors (Lipinski definition) is 7. The second kappa shape index (κ2) is 12.0. The number of fused-ring (bicyclic) bond motifs is 1. The number of non-ortho nitro benzene ring substituents is 1. The smallest absolute Gasteiger partial charge is 0.308 e. The third kappa shape index (κ3) is 6.33. The van der Waals surface area contributed by atoms with E-state index in [4.69, 9.17) is 9.47 Å². The highest BCUT2D eigenvalue weighted by atomic mass is 16.6. The zero-order valence-corrected chi connectivity index (χ0v) is 20.7. The molecule has 0 radical (unpaired) electrons. The number of hydrogen-bond donors (Lipinski definition) is 1. The minimum absolute atomic E-state index is 0.00318. The van der Waals surface area contributed by atoms with Gasteiger partial charge in [-0.15, -0.1) is 0 Å². The minimum atomic E-state index is -0.667. The Hall–Kier alpha value is -4.73. The molecule has 0 spiro atoms. The third-order valence-corrected chi connectivity index (χ3v) is 6.07. The van der Waals surface area contributed by atoms with Gasteiger partial charge in [0.2, 0.25) is 5.91 Å². The quantitative estimate of drug-likeness (QED) is 0.258. The molecule has 0 fully saturated rings. The summed E-state index contributed by atoms with van der Waals surface area (Å²) < 4.78 is 11.2. The number of carbonyl (C=O) groups is 3. The highest BCUT2D eigenvalue weighted by Gasteiger charge is 2.33. The number of nitrogens with zero attached hydrogens (tertiary/aromatic N) is 2. The molecule has 2 amide bonds. The lowest BCUT2D eigenvalue weighted by Gasteiger charge is -2.25. The van der Waals surface area contributed by atoms with E-state index in [-0.39, 0.29) is 43.1 Å². The van der Waals surface area contributed by atoms with Gasteiger partial charge in [-0.3, -0.25) is 24.5 Å². The van der Waals surface area contributed by atoms with Gasteiger partial charge in [0.05, 0.1) is 36.1 Å². The van der Waals surface area contributed by atoms with Crippen LogP contribution in [0.4, 0.5) is 5.69 Å². The maximum atomic E-state index is 13.5. The molecule has 1 N–H and O–H groups in total. The summed E-state index contributed by atoms with van der Waals surface area (Å²) in [5.41, 5.74) is 1.22. The van der Waals surface area contributed by atoms with Crippen LogP contribution in [0.5, 0.6) is 5.75 Å². The molecule has 10 heteroatoms. The molecule has 196 valence electrons. The first-order valence-electron chi connectivity index (χ1n) is 12.1. The maximum absolute atomic E-state index is 13.5. The Bertz CT molecular complexity index is 1310. The second-order valence-corrected chi connectivity index (χ2v) is 8.68. The highest BCUT2D eigenvalue weighted by Crippen LogP contribution is 2.33. The van der Waals surface area contributed by atoms with Crippen molar-refractivity contribution in [2.45, 2.75) is 25.5 Å². The van der Waals surface area contributed by atoms with Crippen molar-refractivity contribution in [2.75, 3.05) is 19.7 Å². The van der Waals surface area contributed by atoms with Gasteiger partial charge in [0, 0.05) is 12.1 Å². The molecule has 0 bridgehead atoms. The van der Waals surface area contributed by atoms with Crippen LogP contribution in [0, 0.1) is 10.1 Å². The average molecular weight is 518 g/mol. The van der Waals surface area contributed by atoms with Crippen molar-refractivity contribution in [3.8, 4) is 5.75 Å². The third-order valence-electron chi connectivity index (χ3n) is 6.07. The molecule has 1 heterocycles. The number of nitro benzene ring substituents is 1. The predicted octanol–water partition coefficient (Wildman–Crippen LogP) is 3.98. The summed E-state index contributed by atoms with van der Waals surface area (Å²) in [5, 5.41) is 14.2. The number of benzene rings is 3. The van der Waals surface area contributed by atoms with Crippen LogP contribution < -0.4 is 10.1 Å². The van der Waals surface area contributed by atoms with Crippen molar-refractivity contribution in [2.24, 2.45) is 0 Å². The largest absolute Gasteiger partial charge is 0.483 e. The predicted molar refractivity (Wildman–Crippen MR) is 137 cm³/mol. The van der Waals surface area contributed by atoms with Gasteiger partial charge in [0.15, 0.2) is 0 Å². The van der Waals surface area contributed by atoms with Crippen molar-refractivity contribution in [3.63, 3.8) is 0 Å². The normalized spacial score (nSPS) is 15.4. The number of amides is 2. The van der Waals surface area contributed by atoms with E-state index in [1.165, 1.54) is 17.0 Å². The van der Waals surface area contributed by atoms with E-state index in [1.54, 1.807) is 31.2 Å². The highest BCUT2D eigenvalue weighted by molar-refractivity contribution is 5.99. The monoisotopic (exact) mass is 517 g/mol. The average Bonchev–Trinajstić information content (AvgIpc) is 3.05. The maximum Gasteiger partial charge on any atom is 0.308 e. The number of nitro groups is 1. The summed E-state index contributed by atoms with van der Waals surface area (Å²) in [7, 11) is 0. The molecular formula is C28H27N3O7. The fraction of sp³-hybridized carbons (Fsp3) is 0.250.